The largest absolute Gasteiger partial charge is 0.336 e. The minimum Gasteiger partial charge on any atom is -0.336 e. The maximum absolute atomic E-state index is 13.0. The third-order valence-corrected chi connectivity index (χ3v) is 4.22. The maximum Gasteiger partial charge on any atom is 0.274 e. The average molecular weight is 410 g/mol. The highest BCUT2D eigenvalue weighted by molar-refractivity contribution is 6.34. The number of aromatic amines is 1. The summed E-state index contributed by atoms with van der Waals surface area (Å²) in [7, 11) is 0. The molecular weight excluding hydrogens is 399 g/mol. The molecule has 9 heteroatoms. The first-order chi connectivity index (χ1) is 12.4. The lowest BCUT2D eigenvalue weighted by atomic mass is 9.97. The number of ketones is 1. The molecule has 2 N–H and O–H groups in total. The Morgan fingerprint density at radius 1 is 0.962 bits per heavy atom. The molecule has 0 radical (unpaired) electrons. The second-order valence-corrected chi connectivity index (χ2v) is 6.64. The molecule has 3 rings (SSSR count). The van der Waals surface area contributed by atoms with E-state index in [2.05, 4.69) is 20.7 Å². The van der Waals surface area contributed by atoms with Crippen LogP contribution in [0.15, 0.2) is 48.7 Å². The Morgan fingerprint density at radius 2 is 1.62 bits per heavy atom. The summed E-state index contributed by atoms with van der Waals surface area (Å²) in [6, 6.07) is 9.99. The number of nitrogens with zero attached hydrogens (tertiary/aromatic N) is 2. The number of hydrogen-bond acceptors (Lipinski definition) is 4. The summed E-state index contributed by atoms with van der Waals surface area (Å²) in [5.41, 5.74) is 0.863. The highest BCUT2D eigenvalue weighted by Gasteiger charge is 2.26. The maximum atomic E-state index is 13.0. The normalized spacial score (nSPS) is 11.8. The van der Waals surface area contributed by atoms with E-state index in [0.717, 1.165) is 0 Å². The summed E-state index contributed by atoms with van der Waals surface area (Å²) in [6.45, 7) is 0. The molecule has 3 aromatic rings. The average Bonchev–Trinajstić information content (AvgIpc) is 3.13. The van der Waals surface area contributed by atoms with Crippen LogP contribution in [0.3, 0.4) is 0 Å². The number of carbonyl (C=O) groups is 2. The zero-order chi connectivity index (χ0) is 18.7. The van der Waals surface area contributed by atoms with E-state index in [-0.39, 0.29) is 11.5 Å². The van der Waals surface area contributed by atoms with Crippen molar-refractivity contribution in [3.05, 3.63) is 80.6 Å². The van der Waals surface area contributed by atoms with Crippen LogP contribution in [0.1, 0.15) is 32.5 Å². The van der Waals surface area contributed by atoms with Crippen molar-refractivity contribution in [2.45, 2.75) is 6.04 Å². The van der Waals surface area contributed by atoms with Gasteiger partial charge in [0.2, 0.25) is 0 Å². The van der Waals surface area contributed by atoms with Gasteiger partial charge in [-0.1, -0.05) is 34.8 Å². The number of benzene rings is 2. The number of nitrogens with one attached hydrogen (secondary N) is 2. The van der Waals surface area contributed by atoms with E-state index in [9.17, 15) is 9.59 Å². The second kappa shape index (κ2) is 7.86. The van der Waals surface area contributed by atoms with E-state index >= 15 is 0 Å². The molecule has 6 nitrogen and oxygen atoms in total. The first kappa shape index (κ1) is 18.4. The molecule has 26 heavy (non-hydrogen) atoms. The van der Waals surface area contributed by atoms with Crippen molar-refractivity contribution < 1.29 is 9.59 Å². The van der Waals surface area contributed by atoms with Crippen LogP contribution in [0.2, 0.25) is 15.1 Å². The zero-order valence-corrected chi connectivity index (χ0v) is 15.3. The lowest BCUT2D eigenvalue weighted by molar-refractivity contribution is 0.0854. The SMILES string of the molecule is O=C(NC(C(=O)c1ccc(Cl)cc1)c1cc(Cl)cc(Cl)c1)c1cn[nH]n1. The van der Waals surface area contributed by atoms with E-state index in [4.69, 9.17) is 34.8 Å². The molecule has 2 aromatic carbocycles. The summed E-state index contributed by atoms with van der Waals surface area (Å²) in [5.74, 6) is -0.918. The van der Waals surface area contributed by atoms with Crippen molar-refractivity contribution in [3.63, 3.8) is 0 Å². The monoisotopic (exact) mass is 408 g/mol. The Morgan fingerprint density at radius 3 is 2.19 bits per heavy atom. The highest BCUT2D eigenvalue weighted by atomic mass is 35.5. The van der Waals surface area contributed by atoms with E-state index in [1.54, 1.807) is 36.4 Å². The molecule has 0 bridgehead atoms. The van der Waals surface area contributed by atoms with Crippen molar-refractivity contribution in [1.29, 1.82) is 0 Å². The van der Waals surface area contributed by atoms with Gasteiger partial charge in [0.15, 0.2) is 11.5 Å². The van der Waals surface area contributed by atoms with Crippen LogP contribution in [0.25, 0.3) is 0 Å². The zero-order valence-electron chi connectivity index (χ0n) is 13.0. The number of aromatic nitrogens is 3. The van der Waals surface area contributed by atoms with Gasteiger partial charge in [-0.2, -0.15) is 15.4 Å². The molecule has 0 aliphatic heterocycles. The van der Waals surface area contributed by atoms with Crippen LogP contribution in [0.5, 0.6) is 0 Å². The minimum absolute atomic E-state index is 0.0482. The fourth-order valence-electron chi connectivity index (χ4n) is 2.34. The number of hydrogen-bond donors (Lipinski definition) is 2. The van der Waals surface area contributed by atoms with E-state index in [1.165, 1.54) is 12.3 Å². The Kier molecular flexibility index (Phi) is 5.56. The number of H-pyrrole nitrogens is 1. The molecular formula is C17H11Cl3N4O2. The molecule has 1 heterocycles. The molecule has 0 saturated carbocycles. The number of Topliss-reactive ketones (excluding diaryl/α,β-unsaturated/α-hetero) is 1. The Hall–Kier alpha value is -2.41. The van der Waals surface area contributed by atoms with Crippen molar-refractivity contribution >= 4 is 46.5 Å². The summed E-state index contributed by atoms with van der Waals surface area (Å²) in [4.78, 5) is 25.4. The van der Waals surface area contributed by atoms with Gasteiger partial charge in [0, 0.05) is 20.6 Å². The van der Waals surface area contributed by atoms with Crippen molar-refractivity contribution in [2.75, 3.05) is 0 Å². The Balaban J connectivity index is 1.98. The van der Waals surface area contributed by atoms with Crippen LogP contribution in [-0.2, 0) is 0 Å². The number of amides is 1. The molecule has 0 aliphatic carbocycles. The number of halogens is 3. The molecule has 1 unspecified atom stereocenters. The third-order valence-electron chi connectivity index (χ3n) is 3.53. The molecule has 0 saturated heterocycles. The van der Waals surface area contributed by atoms with Gasteiger partial charge in [0.05, 0.1) is 6.20 Å². The fourth-order valence-corrected chi connectivity index (χ4v) is 3.01. The van der Waals surface area contributed by atoms with Crippen molar-refractivity contribution in [2.24, 2.45) is 0 Å². The van der Waals surface area contributed by atoms with Crippen LogP contribution in [0, 0.1) is 0 Å². The summed E-state index contributed by atoms with van der Waals surface area (Å²) < 4.78 is 0. The molecule has 0 fully saturated rings. The summed E-state index contributed by atoms with van der Waals surface area (Å²) in [5, 5.41) is 13.5. The van der Waals surface area contributed by atoms with Gasteiger partial charge >= 0.3 is 0 Å². The first-order valence-corrected chi connectivity index (χ1v) is 8.50. The van der Waals surface area contributed by atoms with E-state index < -0.39 is 11.9 Å². The van der Waals surface area contributed by atoms with E-state index in [1.807, 2.05) is 0 Å². The molecule has 1 aromatic heterocycles. The number of carbonyl (C=O) groups excluding carboxylic acids is 2. The van der Waals surface area contributed by atoms with Gasteiger partial charge in [-0.15, -0.1) is 0 Å². The quantitative estimate of drug-likeness (QED) is 0.621. The predicted molar refractivity (Wildman–Crippen MR) is 98.8 cm³/mol. The standard InChI is InChI=1S/C17H11Cl3N4O2/c18-11-3-1-9(2-4-11)16(25)15(10-5-12(19)7-13(20)6-10)22-17(26)14-8-21-24-23-14/h1-8,15H,(H,22,26)(H,21,23,24). The molecule has 132 valence electrons. The predicted octanol–water partition coefficient (Wildman–Crippen LogP) is 4.12. The van der Waals surface area contributed by atoms with Gasteiger partial charge in [0.25, 0.3) is 5.91 Å². The number of rotatable bonds is 5. The topological polar surface area (TPSA) is 87.7 Å². The molecule has 1 atom stereocenters. The lowest BCUT2D eigenvalue weighted by Crippen LogP contribution is -2.34. The minimum atomic E-state index is -1.02. The van der Waals surface area contributed by atoms with Crippen LogP contribution in [-0.4, -0.2) is 27.1 Å². The Bertz CT molecular complexity index is 923. The van der Waals surface area contributed by atoms with E-state index in [0.29, 0.717) is 26.2 Å². The third kappa shape index (κ3) is 4.22. The molecule has 1 amide bonds. The first-order valence-electron chi connectivity index (χ1n) is 7.36. The van der Waals surface area contributed by atoms with Crippen LogP contribution >= 0.6 is 34.8 Å². The molecule has 0 spiro atoms. The van der Waals surface area contributed by atoms with Crippen molar-refractivity contribution in [1.82, 2.24) is 20.7 Å². The van der Waals surface area contributed by atoms with Gasteiger partial charge < -0.3 is 5.32 Å². The molecule has 0 aliphatic rings. The highest BCUT2D eigenvalue weighted by Crippen LogP contribution is 2.26. The smallest absolute Gasteiger partial charge is 0.274 e. The van der Waals surface area contributed by atoms with Crippen LogP contribution in [0.4, 0.5) is 0 Å². The fraction of sp³-hybridized carbons (Fsp3) is 0.0588. The van der Waals surface area contributed by atoms with Crippen molar-refractivity contribution in [3.8, 4) is 0 Å². The van der Waals surface area contributed by atoms with Gasteiger partial charge in [-0.05, 0) is 48.0 Å². The second-order valence-electron chi connectivity index (χ2n) is 5.34. The van der Waals surface area contributed by atoms with Gasteiger partial charge in [-0.25, -0.2) is 0 Å². The van der Waals surface area contributed by atoms with Crippen LogP contribution < -0.4 is 5.32 Å². The summed E-state index contributed by atoms with van der Waals surface area (Å²) in [6.07, 6.45) is 1.25. The van der Waals surface area contributed by atoms with Gasteiger partial charge in [0.1, 0.15) is 6.04 Å². The van der Waals surface area contributed by atoms with Gasteiger partial charge in [-0.3, -0.25) is 9.59 Å². The summed E-state index contributed by atoms with van der Waals surface area (Å²) >= 11 is 18.0. The lowest BCUT2D eigenvalue weighted by Gasteiger charge is -2.18. The Labute approximate surface area is 163 Å².